The number of allylic oxidation sites excluding steroid dienone is 1. The molecule has 0 amide bonds. The van der Waals surface area contributed by atoms with Crippen molar-refractivity contribution in [3.63, 3.8) is 0 Å². The van der Waals surface area contributed by atoms with Crippen LogP contribution in [0.4, 0.5) is 0 Å². The third kappa shape index (κ3) is 2.83. The van der Waals surface area contributed by atoms with Crippen LogP contribution in [0.5, 0.6) is 17.2 Å². The number of nitrogens with two attached hydrogens (primary N) is 1. The van der Waals surface area contributed by atoms with Crippen LogP contribution in [0, 0.1) is 10.1 Å². The molecular weight excluding hydrogens is 380 g/mol. The van der Waals surface area contributed by atoms with Crippen LogP contribution < -0.4 is 25.6 Å². The first-order chi connectivity index (χ1) is 14.0. The van der Waals surface area contributed by atoms with Gasteiger partial charge in [-0.3, -0.25) is 10.1 Å². The van der Waals surface area contributed by atoms with Gasteiger partial charge < -0.3 is 24.4 Å². The molecule has 9 heteroatoms. The van der Waals surface area contributed by atoms with Crippen molar-refractivity contribution in [3.8, 4) is 17.2 Å². The summed E-state index contributed by atoms with van der Waals surface area (Å²) in [6, 6.07) is 11.5. The van der Waals surface area contributed by atoms with E-state index in [9.17, 15) is 14.9 Å². The Kier molecular flexibility index (Phi) is 4.34. The van der Waals surface area contributed by atoms with Crippen LogP contribution in [-0.2, 0) is 0 Å². The fourth-order valence-corrected chi connectivity index (χ4v) is 3.49. The summed E-state index contributed by atoms with van der Waals surface area (Å²) in [5, 5.41) is 12.3. The van der Waals surface area contributed by atoms with E-state index in [2.05, 4.69) is 0 Å². The van der Waals surface area contributed by atoms with Gasteiger partial charge in [0, 0.05) is 0 Å². The number of fused-ring (bicyclic) bond motifs is 3. The lowest BCUT2D eigenvalue weighted by atomic mass is 9.86. The highest BCUT2D eigenvalue weighted by atomic mass is 16.6. The second-order valence-corrected chi connectivity index (χ2v) is 6.28. The van der Waals surface area contributed by atoms with E-state index >= 15 is 0 Å². The minimum atomic E-state index is -1.12. The number of hydrogen-bond donors (Lipinski definition) is 1. The van der Waals surface area contributed by atoms with E-state index in [1.165, 1.54) is 14.2 Å². The molecule has 4 rings (SSSR count). The molecule has 0 bridgehead atoms. The maximum atomic E-state index is 12.8. The maximum absolute atomic E-state index is 12.8. The van der Waals surface area contributed by atoms with Crippen LogP contribution >= 0.6 is 0 Å². The molecule has 0 saturated heterocycles. The smallest absolute Gasteiger partial charge is 0.344 e. The molecule has 148 valence electrons. The largest absolute Gasteiger partial charge is 0.493 e. The summed E-state index contributed by atoms with van der Waals surface area (Å²) in [7, 11) is 2.92. The topological polar surface area (TPSA) is 127 Å². The first-order valence-electron chi connectivity index (χ1n) is 8.55. The summed E-state index contributed by atoms with van der Waals surface area (Å²) >= 11 is 0. The zero-order valence-electron chi connectivity index (χ0n) is 15.5. The molecule has 9 nitrogen and oxygen atoms in total. The van der Waals surface area contributed by atoms with Gasteiger partial charge in [-0.1, -0.05) is 18.2 Å². The first kappa shape index (κ1) is 18.4. The number of nitro groups is 1. The van der Waals surface area contributed by atoms with Gasteiger partial charge in [0.25, 0.3) is 5.88 Å². The molecule has 0 saturated carbocycles. The van der Waals surface area contributed by atoms with Crippen molar-refractivity contribution in [1.82, 2.24) is 0 Å². The Labute approximate surface area is 164 Å². The minimum absolute atomic E-state index is 0.00294. The van der Waals surface area contributed by atoms with Gasteiger partial charge in [-0.25, -0.2) is 4.79 Å². The molecule has 2 aromatic carbocycles. The van der Waals surface area contributed by atoms with E-state index < -0.39 is 28.0 Å². The highest BCUT2D eigenvalue weighted by Gasteiger charge is 2.42. The Balaban J connectivity index is 2.06. The van der Waals surface area contributed by atoms with Gasteiger partial charge in [-0.05, 0) is 29.8 Å². The summed E-state index contributed by atoms with van der Waals surface area (Å²) in [5.74, 6) is -0.578. The van der Waals surface area contributed by atoms with Crippen molar-refractivity contribution < 1.29 is 23.6 Å². The number of para-hydroxylation sites is 1. The van der Waals surface area contributed by atoms with E-state index in [1.807, 2.05) is 0 Å². The highest BCUT2D eigenvalue weighted by Crippen LogP contribution is 2.45. The van der Waals surface area contributed by atoms with Crippen LogP contribution in [-0.4, -0.2) is 19.1 Å². The molecular formula is C20H16N2O7. The SMILES string of the molecule is COc1ccc([C@@H]2C([N+](=O)[O-])=C(N)Oc3c2c(=O)oc2ccccc32)cc1OC. The maximum Gasteiger partial charge on any atom is 0.344 e. The summed E-state index contributed by atoms with van der Waals surface area (Å²) in [5.41, 5.74) is 5.42. The highest BCUT2D eigenvalue weighted by molar-refractivity contribution is 5.85. The molecule has 0 spiro atoms. The lowest BCUT2D eigenvalue weighted by Crippen LogP contribution is -2.29. The quantitative estimate of drug-likeness (QED) is 0.405. The molecule has 1 aromatic heterocycles. The van der Waals surface area contributed by atoms with Crippen molar-refractivity contribution in [2.45, 2.75) is 5.92 Å². The van der Waals surface area contributed by atoms with Crippen LogP contribution in [0.15, 0.2) is 63.3 Å². The Bertz CT molecular complexity index is 1230. The molecule has 2 heterocycles. The third-order valence-corrected chi connectivity index (χ3v) is 4.76. The molecule has 0 radical (unpaired) electrons. The molecule has 1 atom stereocenters. The van der Waals surface area contributed by atoms with Crippen molar-refractivity contribution in [3.05, 3.63) is 85.7 Å². The molecule has 1 aliphatic heterocycles. The molecule has 29 heavy (non-hydrogen) atoms. The van der Waals surface area contributed by atoms with Gasteiger partial charge in [0.05, 0.1) is 30.1 Å². The average molecular weight is 396 g/mol. The number of rotatable bonds is 4. The van der Waals surface area contributed by atoms with Crippen LogP contribution in [0.1, 0.15) is 17.0 Å². The molecule has 3 aromatic rings. The Morgan fingerprint density at radius 1 is 1.10 bits per heavy atom. The standard InChI is InChI=1S/C20H16N2O7/c1-26-13-8-7-10(9-14(13)27-2)15-16-18(29-19(21)17(15)22(24)25)11-5-3-4-6-12(11)28-20(16)23/h3-9,15H,21H2,1-2H3/t15-/m0/s1. The normalized spacial score (nSPS) is 15.6. The molecule has 0 aliphatic carbocycles. The second-order valence-electron chi connectivity index (χ2n) is 6.28. The van der Waals surface area contributed by atoms with Gasteiger partial charge in [0.1, 0.15) is 11.5 Å². The van der Waals surface area contributed by atoms with Crippen LogP contribution in [0.25, 0.3) is 11.0 Å². The Morgan fingerprint density at radius 2 is 1.83 bits per heavy atom. The number of benzene rings is 2. The minimum Gasteiger partial charge on any atom is -0.493 e. The number of hydrogen-bond acceptors (Lipinski definition) is 8. The Morgan fingerprint density at radius 3 is 2.52 bits per heavy atom. The first-order valence-corrected chi connectivity index (χ1v) is 8.55. The van der Waals surface area contributed by atoms with Crippen molar-refractivity contribution >= 4 is 11.0 Å². The predicted octanol–water partition coefficient (Wildman–Crippen LogP) is 2.74. The molecule has 0 unspecified atom stereocenters. The van der Waals surface area contributed by atoms with Gasteiger partial charge in [0.2, 0.25) is 0 Å². The van der Waals surface area contributed by atoms with Crippen molar-refractivity contribution in [2.75, 3.05) is 14.2 Å². The number of methoxy groups -OCH3 is 2. The molecule has 2 N–H and O–H groups in total. The summed E-state index contributed by atoms with van der Waals surface area (Å²) in [6.45, 7) is 0. The lowest BCUT2D eigenvalue weighted by molar-refractivity contribution is -0.432. The van der Waals surface area contributed by atoms with E-state index in [1.54, 1.807) is 42.5 Å². The summed E-state index contributed by atoms with van der Waals surface area (Å²) in [4.78, 5) is 24.0. The van der Waals surface area contributed by atoms with Gasteiger partial charge >= 0.3 is 11.3 Å². The Hall–Kier alpha value is -4.01. The lowest BCUT2D eigenvalue weighted by Gasteiger charge is -2.24. The number of ether oxygens (including phenoxy) is 3. The average Bonchev–Trinajstić information content (AvgIpc) is 2.72. The summed E-state index contributed by atoms with van der Waals surface area (Å²) < 4.78 is 21.5. The van der Waals surface area contributed by atoms with Crippen molar-refractivity contribution in [2.24, 2.45) is 5.73 Å². The van der Waals surface area contributed by atoms with E-state index in [-0.39, 0.29) is 11.3 Å². The zero-order chi connectivity index (χ0) is 20.7. The van der Waals surface area contributed by atoms with Gasteiger partial charge in [0.15, 0.2) is 17.2 Å². The molecule has 1 aliphatic rings. The van der Waals surface area contributed by atoms with Gasteiger partial charge in [-0.2, -0.15) is 0 Å². The van der Waals surface area contributed by atoms with Crippen molar-refractivity contribution in [1.29, 1.82) is 0 Å². The zero-order valence-corrected chi connectivity index (χ0v) is 15.5. The van der Waals surface area contributed by atoms with Gasteiger partial charge in [-0.15, -0.1) is 0 Å². The van der Waals surface area contributed by atoms with E-state index in [4.69, 9.17) is 24.4 Å². The molecule has 0 fully saturated rings. The van der Waals surface area contributed by atoms with Crippen LogP contribution in [0.3, 0.4) is 0 Å². The fourth-order valence-electron chi connectivity index (χ4n) is 3.49. The number of nitrogens with zero attached hydrogens (tertiary/aromatic N) is 1. The summed E-state index contributed by atoms with van der Waals surface area (Å²) in [6.07, 6.45) is 0. The van der Waals surface area contributed by atoms with Crippen LogP contribution in [0.2, 0.25) is 0 Å². The van der Waals surface area contributed by atoms with E-state index in [0.717, 1.165) is 0 Å². The third-order valence-electron chi connectivity index (χ3n) is 4.76. The fraction of sp³-hybridized carbons (Fsp3) is 0.150. The monoisotopic (exact) mass is 396 g/mol. The second kappa shape index (κ2) is 6.86. The van der Waals surface area contributed by atoms with E-state index in [0.29, 0.717) is 28.0 Å². The predicted molar refractivity (Wildman–Crippen MR) is 103 cm³/mol.